The molecule has 2 saturated heterocycles. The van der Waals surface area contributed by atoms with Gasteiger partial charge in [-0.05, 0) is 42.3 Å². The highest BCUT2D eigenvalue weighted by Crippen LogP contribution is 2.44. The average Bonchev–Trinajstić information content (AvgIpc) is 3.60. The lowest BCUT2D eigenvalue weighted by Gasteiger charge is -2.46. The Kier molecular flexibility index (Phi) is 18.6. The SMILES string of the molecule is CC(=O)OCC1=C[C@@H](O[C@@H]2O[C@@H](C)[C@H](OC(C)=O)[C@@H](OC(C)=O)[C@H]2OC(=O)/C=C/c2ccc(OC(C)=O)cc2)[C@@H]2C=COC(O[C@@H]3O[C@H](COC(C)=O)[C@@H](OC(C)=O)[C@H](OC(C)=O)[C@H]3OC(C)=O)[C@H]12. The number of carbonyl (C=O) groups is 9. The highest BCUT2D eigenvalue weighted by molar-refractivity contribution is 5.87. The molecule has 376 valence electrons. The molecule has 0 N–H and O–H groups in total. The third-order valence-electron chi connectivity index (χ3n) is 10.5. The molecule has 3 aliphatic heterocycles. The summed E-state index contributed by atoms with van der Waals surface area (Å²) in [4.78, 5) is 111. The molecule has 0 spiro atoms. The first-order chi connectivity index (χ1) is 32.6. The van der Waals surface area contributed by atoms with Gasteiger partial charge in [0.2, 0.25) is 12.6 Å². The van der Waals surface area contributed by atoms with Crippen LogP contribution in [0.5, 0.6) is 5.75 Å². The molecule has 0 saturated carbocycles. The van der Waals surface area contributed by atoms with Crippen LogP contribution in [-0.2, 0) is 105 Å². The van der Waals surface area contributed by atoms with Gasteiger partial charge in [0.05, 0.1) is 24.4 Å². The van der Waals surface area contributed by atoms with Crippen LogP contribution in [0.15, 0.2) is 54.3 Å². The zero-order valence-electron chi connectivity index (χ0n) is 39.1. The van der Waals surface area contributed by atoms with E-state index in [1.54, 1.807) is 24.3 Å². The van der Waals surface area contributed by atoms with Gasteiger partial charge < -0.3 is 66.3 Å². The maximum absolute atomic E-state index is 13.6. The lowest BCUT2D eigenvalue weighted by molar-refractivity contribution is -0.343. The van der Waals surface area contributed by atoms with Crippen LogP contribution in [0.4, 0.5) is 0 Å². The summed E-state index contributed by atoms with van der Waals surface area (Å²) in [6.45, 7) is 9.60. The molecule has 1 aliphatic carbocycles. The fourth-order valence-electron chi connectivity index (χ4n) is 7.97. The van der Waals surface area contributed by atoms with Crippen LogP contribution in [-0.4, -0.2) is 141 Å². The topological polar surface area (TPSA) is 283 Å². The van der Waals surface area contributed by atoms with Crippen LogP contribution in [0.1, 0.15) is 67.9 Å². The molecule has 0 radical (unpaired) electrons. The van der Waals surface area contributed by atoms with E-state index in [1.807, 2.05) is 0 Å². The summed E-state index contributed by atoms with van der Waals surface area (Å²) < 4.78 is 80.6. The Morgan fingerprint density at radius 1 is 0.565 bits per heavy atom. The summed E-state index contributed by atoms with van der Waals surface area (Å²) in [6, 6.07) is 6.16. The second kappa shape index (κ2) is 24.0. The summed E-state index contributed by atoms with van der Waals surface area (Å²) in [7, 11) is 0. The molecule has 1 aromatic rings. The zero-order chi connectivity index (χ0) is 50.7. The summed E-state index contributed by atoms with van der Waals surface area (Å²) >= 11 is 0. The van der Waals surface area contributed by atoms with Crippen molar-refractivity contribution in [1.29, 1.82) is 0 Å². The highest BCUT2D eigenvalue weighted by atomic mass is 16.8. The minimum atomic E-state index is -1.69. The Hall–Kier alpha value is -6.69. The van der Waals surface area contributed by atoms with Crippen LogP contribution in [0.2, 0.25) is 0 Å². The van der Waals surface area contributed by atoms with Crippen LogP contribution in [0.25, 0.3) is 6.08 Å². The van der Waals surface area contributed by atoms with Gasteiger partial charge >= 0.3 is 53.7 Å². The Bertz CT molecular complexity index is 2180. The third kappa shape index (κ3) is 14.9. The number of hydrogen-bond donors (Lipinski definition) is 0. The number of carbonyl (C=O) groups excluding carboxylic acids is 9. The van der Waals surface area contributed by atoms with Gasteiger partial charge in [0.15, 0.2) is 42.9 Å². The molecule has 2 fully saturated rings. The minimum absolute atomic E-state index is 0.272. The second-order valence-corrected chi connectivity index (χ2v) is 16.0. The molecule has 1 aromatic carbocycles. The summed E-state index contributed by atoms with van der Waals surface area (Å²) in [5.74, 6) is -8.52. The zero-order valence-corrected chi connectivity index (χ0v) is 39.1. The molecular formula is C46H54O23. The molecule has 0 aromatic heterocycles. The normalized spacial score (nSPS) is 30.2. The number of rotatable bonds is 17. The van der Waals surface area contributed by atoms with Crippen molar-refractivity contribution in [1.82, 2.24) is 0 Å². The van der Waals surface area contributed by atoms with Gasteiger partial charge in [-0.1, -0.05) is 18.2 Å². The molecule has 1 unspecified atom stereocenters. The minimum Gasteiger partial charge on any atom is -0.472 e. The van der Waals surface area contributed by atoms with Gasteiger partial charge in [0.25, 0.3) is 0 Å². The predicted octanol–water partition coefficient (Wildman–Crippen LogP) is 2.24. The van der Waals surface area contributed by atoms with Crippen molar-refractivity contribution >= 4 is 59.8 Å². The van der Waals surface area contributed by atoms with E-state index in [1.165, 1.54) is 45.2 Å². The molecule has 4 aliphatic rings. The number of ether oxygens (including phenoxy) is 14. The summed E-state index contributed by atoms with van der Waals surface area (Å²) in [5, 5.41) is 0. The quantitative estimate of drug-likeness (QED) is 0.0711. The number of esters is 9. The van der Waals surface area contributed by atoms with E-state index in [2.05, 4.69) is 0 Å². The Labute approximate surface area is 395 Å². The first-order valence-electron chi connectivity index (χ1n) is 21.5. The van der Waals surface area contributed by atoms with Crippen molar-refractivity contribution in [2.24, 2.45) is 11.8 Å². The van der Waals surface area contributed by atoms with E-state index in [9.17, 15) is 43.2 Å². The maximum atomic E-state index is 13.6. The van der Waals surface area contributed by atoms with Crippen molar-refractivity contribution in [2.45, 2.75) is 136 Å². The second-order valence-electron chi connectivity index (χ2n) is 16.0. The molecule has 69 heavy (non-hydrogen) atoms. The van der Waals surface area contributed by atoms with Crippen molar-refractivity contribution in [3.8, 4) is 5.75 Å². The van der Waals surface area contributed by atoms with Gasteiger partial charge in [0, 0.05) is 67.4 Å². The van der Waals surface area contributed by atoms with Crippen LogP contribution >= 0.6 is 0 Å². The van der Waals surface area contributed by atoms with Crippen LogP contribution < -0.4 is 4.74 Å². The van der Waals surface area contributed by atoms with Gasteiger partial charge in [-0.2, -0.15) is 0 Å². The predicted molar refractivity (Wildman–Crippen MR) is 226 cm³/mol. The molecule has 14 atom stereocenters. The van der Waals surface area contributed by atoms with Crippen molar-refractivity contribution in [3.05, 3.63) is 59.9 Å². The fraction of sp³-hybridized carbons (Fsp3) is 0.543. The Morgan fingerprint density at radius 2 is 1.10 bits per heavy atom. The van der Waals surface area contributed by atoms with Crippen LogP contribution in [0, 0.1) is 11.8 Å². The lowest BCUT2D eigenvalue weighted by Crippen LogP contribution is -2.63. The lowest BCUT2D eigenvalue weighted by atomic mass is 9.88. The standard InChI is InChI=1S/C46H54O23/c1-21-38(61-25(5)50)40(63-27(7)52)43(68-36(55)15-12-30-10-13-32(14-11-30)60-24(4)49)45(59-21)66-34-18-31(19-57-22(2)47)37-33(34)16-17-56-44(37)69-46-42(65-29(9)54)41(64-28(8)53)39(62-26(6)51)35(67-46)20-58-23(3)48/h10-18,21,33-35,37-46H,19-20H2,1-9H3/b15-12+/t21-,33-,34+,35+,37+,38-,39+,40+,41-,42+,43+,44?,45-,46-/m0/s1. The van der Waals surface area contributed by atoms with Gasteiger partial charge in [-0.3, -0.25) is 38.4 Å². The molecule has 5 rings (SSSR count). The molecule has 3 heterocycles. The Balaban J connectivity index is 1.49. The van der Waals surface area contributed by atoms with Crippen molar-refractivity contribution in [2.75, 3.05) is 13.2 Å². The van der Waals surface area contributed by atoms with E-state index in [0.717, 1.165) is 47.6 Å². The highest BCUT2D eigenvalue weighted by Gasteiger charge is 2.57. The molecule has 23 heteroatoms. The van der Waals surface area contributed by atoms with Crippen molar-refractivity contribution < 1.29 is 109 Å². The third-order valence-corrected chi connectivity index (χ3v) is 10.5. The first-order valence-corrected chi connectivity index (χ1v) is 21.5. The fourth-order valence-corrected chi connectivity index (χ4v) is 7.97. The average molecular weight is 975 g/mol. The molecule has 0 bridgehead atoms. The summed E-state index contributed by atoms with van der Waals surface area (Å²) in [5.41, 5.74) is 0.863. The van der Waals surface area contributed by atoms with Gasteiger partial charge in [-0.25, -0.2) is 4.79 Å². The van der Waals surface area contributed by atoms with E-state index in [0.29, 0.717) is 11.1 Å². The number of fused-ring (bicyclic) bond motifs is 1. The maximum Gasteiger partial charge on any atom is 0.331 e. The molecule has 0 amide bonds. The van der Waals surface area contributed by atoms with Crippen LogP contribution in [0.3, 0.4) is 0 Å². The molecule has 23 nitrogen and oxygen atoms in total. The Morgan fingerprint density at radius 3 is 1.68 bits per heavy atom. The molecular weight excluding hydrogens is 920 g/mol. The van der Waals surface area contributed by atoms with E-state index in [4.69, 9.17) is 66.3 Å². The van der Waals surface area contributed by atoms with Gasteiger partial charge in [0.1, 0.15) is 25.1 Å². The van der Waals surface area contributed by atoms with Gasteiger partial charge in [-0.15, -0.1) is 0 Å². The number of hydrogen-bond acceptors (Lipinski definition) is 23. The van der Waals surface area contributed by atoms with E-state index < -0.39 is 146 Å². The van der Waals surface area contributed by atoms with E-state index >= 15 is 0 Å². The largest absolute Gasteiger partial charge is 0.472 e. The smallest absolute Gasteiger partial charge is 0.331 e. The number of benzene rings is 1. The summed E-state index contributed by atoms with van der Waals surface area (Å²) in [6.07, 6.45) is -10.3. The van der Waals surface area contributed by atoms with Crippen molar-refractivity contribution in [3.63, 3.8) is 0 Å². The van der Waals surface area contributed by atoms with E-state index in [-0.39, 0.29) is 12.4 Å². The first kappa shape index (κ1) is 53.3. The monoisotopic (exact) mass is 974 g/mol.